The van der Waals surface area contributed by atoms with Gasteiger partial charge in [0.2, 0.25) is 0 Å². The standard InChI is InChI=1S/C17H28N2.2ClH/c1-4-5-6-17(19-11-9-18-10-12-19)16-8-7-14(2)13-15(16)3;;/h7-8,13,17-18H,4-6,9-12H2,1-3H3;2*1H/t17-;;/m1../s1. The van der Waals surface area contributed by atoms with Gasteiger partial charge < -0.3 is 5.32 Å². The van der Waals surface area contributed by atoms with Gasteiger partial charge in [0.1, 0.15) is 0 Å². The summed E-state index contributed by atoms with van der Waals surface area (Å²) >= 11 is 0. The summed E-state index contributed by atoms with van der Waals surface area (Å²) in [6, 6.07) is 7.56. The van der Waals surface area contributed by atoms with Crippen LogP contribution < -0.4 is 5.32 Å². The molecule has 0 amide bonds. The van der Waals surface area contributed by atoms with Gasteiger partial charge in [-0.05, 0) is 31.4 Å². The number of piperazine rings is 1. The van der Waals surface area contributed by atoms with Gasteiger partial charge in [-0.1, -0.05) is 43.5 Å². The fourth-order valence-electron chi connectivity index (χ4n) is 3.13. The minimum Gasteiger partial charge on any atom is -0.314 e. The van der Waals surface area contributed by atoms with Gasteiger partial charge in [-0.15, -0.1) is 24.8 Å². The second-order valence-electron chi connectivity index (χ2n) is 5.80. The summed E-state index contributed by atoms with van der Waals surface area (Å²) < 4.78 is 0. The molecule has 0 aliphatic carbocycles. The molecule has 0 radical (unpaired) electrons. The normalized spacial score (nSPS) is 16.7. The largest absolute Gasteiger partial charge is 0.314 e. The number of halogens is 2. The lowest BCUT2D eigenvalue weighted by molar-refractivity contribution is 0.162. The van der Waals surface area contributed by atoms with Gasteiger partial charge in [0.05, 0.1) is 0 Å². The highest BCUT2D eigenvalue weighted by Crippen LogP contribution is 2.29. The first-order chi connectivity index (χ1) is 9.22. The van der Waals surface area contributed by atoms with E-state index in [0.717, 1.165) is 13.1 Å². The van der Waals surface area contributed by atoms with Gasteiger partial charge >= 0.3 is 0 Å². The zero-order valence-electron chi connectivity index (χ0n) is 13.5. The fraction of sp³-hybridized carbons (Fsp3) is 0.647. The highest BCUT2D eigenvalue weighted by Gasteiger charge is 2.22. The maximum atomic E-state index is 3.46. The number of rotatable bonds is 5. The zero-order chi connectivity index (χ0) is 13.7. The summed E-state index contributed by atoms with van der Waals surface area (Å²) in [6.07, 6.45) is 3.90. The Morgan fingerprint density at radius 1 is 1.14 bits per heavy atom. The number of hydrogen-bond donors (Lipinski definition) is 1. The van der Waals surface area contributed by atoms with E-state index in [0.29, 0.717) is 6.04 Å². The number of unbranched alkanes of at least 4 members (excludes halogenated alkanes) is 1. The highest BCUT2D eigenvalue weighted by molar-refractivity contribution is 5.85. The second kappa shape index (κ2) is 10.4. The Hall–Kier alpha value is -0.280. The van der Waals surface area contributed by atoms with Crippen molar-refractivity contribution in [2.75, 3.05) is 26.2 Å². The predicted molar refractivity (Wildman–Crippen MR) is 97.1 cm³/mol. The van der Waals surface area contributed by atoms with Gasteiger partial charge in [0.15, 0.2) is 0 Å². The van der Waals surface area contributed by atoms with Crippen LogP contribution in [0.2, 0.25) is 0 Å². The number of benzene rings is 1. The Morgan fingerprint density at radius 2 is 1.81 bits per heavy atom. The summed E-state index contributed by atoms with van der Waals surface area (Å²) in [6.45, 7) is 11.4. The van der Waals surface area contributed by atoms with Crippen LogP contribution in [0.5, 0.6) is 0 Å². The van der Waals surface area contributed by atoms with Crippen LogP contribution in [0.4, 0.5) is 0 Å². The smallest absolute Gasteiger partial charge is 0.0351 e. The molecule has 1 saturated heterocycles. The molecule has 2 rings (SSSR count). The first-order valence-corrected chi connectivity index (χ1v) is 7.74. The van der Waals surface area contributed by atoms with Crippen molar-refractivity contribution in [3.63, 3.8) is 0 Å². The minimum atomic E-state index is 0. The van der Waals surface area contributed by atoms with Crippen LogP contribution in [0.3, 0.4) is 0 Å². The maximum absolute atomic E-state index is 3.46. The fourth-order valence-corrected chi connectivity index (χ4v) is 3.13. The Balaban J connectivity index is 0.00000200. The molecule has 1 aromatic carbocycles. The van der Waals surface area contributed by atoms with Crippen molar-refractivity contribution >= 4 is 24.8 Å². The molecule has 0 unspecified atom stereocenters. The maximum Gasteiger partial charge on any atom is 0.0351 e. The second-order valence-corrected chi connectivity index (χ2v) is 5.80. The van der Waals surface area contributed by atoms with Gasteiger partial charge in [0, 0.05) is 32.2 Å². The molecule has 1 heterocycles. The van der Waals surface area contributed by atoms with Crippen molar-refractivity contribution < 1.29 is 0 Å². The van der Waals surface area contributed by atoms with E-state index in [1.54, 1.807) is 5.56 Å². The summed E-state index contributed by atoms with van der Waals surface area (Å²) in [5.41, 5.74) is 4.37. The van der Waals surface area contributed by atoms with E-state index in [1.165, 1.54) is 43.5 Å². The number of nitrogens with one attached hydrogen (secondary N) is 1. The molecule has 1 fully saturated rings. The van der Waals surface area contributed by atoms with Crippen molar-refractivity contribution in [2.24, 2.45) is 0 Å². The molecule has 0 spiro atoms. The summed E-state index contributed by atoms with van der Waals surface area (Å²) in [4.78, 5) is 2.67. The molecule has 1 aromatic rings. The zero-order valence-corrected chi connectivity index (χ0v) is 15.2. The third-order valence-corrected chi connectivity index (χ3v) is 4.21. The van der Waals surface area contributed by atoms with Crippen molar-refractivity contribution in [1.29, 1.82) is 0 Å². The van der Waals surface area contributed by atoms with Crippen LogP contribution in [0.15, 0.2) is 18.2 Å². The molecule has 1 aliphatic heterocycles. The molecule has 2 nitrogen and oxygen atoms in total. The van der Waals surface area contributed by atoms with Crippen LogP contribution in [0.25, 0.3) is 0 Å². The Morgan fingerprint density at radius 3 is 2.38 bits per heavy atom. The molecule has 4 heteroatoms. The molecule has 122 valence electrons. The monoisotopic (exact) mass is 332 g/mol. The van der Waals surface area contributed by atoms with Gasteiger partial charge in [-0.2, -0.15) is 0 Å². The minimum absolute atomic E-state index is 0. The van der Waals surface area contributed by atoms with E-state index in [-0.39, 0.29) is 24.8 Å². The Kier molecular flexibility index (Phi) is 10.3. The van der Waals surface area contributed by atoms with Crippen molar-refractivity contribution in [1.82, 2.24) is 10.2 Å². The Bertz CT molecular complexity index is 404. The molecule has 0 aromatic heterocycles. The molecule has 0 bridgehead atoms. The van der Waals surface area contributed by atoms with Crippen molar-refractivity contribution in [2.45, 2.75) is 46.1 Å². The van der Waals surface area contributed by atoms with Gasteiger partial charge in [0.25, 0.3) is 0 Å². The van der Waals surface area contributed by atoms with E-state index in [4.69, 9.17) is 0 Å². The number of nitrogens with zero attached hydrogens (tertiary/aromatic N) is 1. The van der Waals surface area contributed by atoms with Crippen LogP contribution >= 0.6 is 24.8 Å². The van der Waals surface area contributed by atoms with Crippen molar-refractivity contribution in [3.05, 3.63) is 34.9 Å². The molecule has 0 saturated carbocycles. The predicted octanol–water partition coefficient (Wildman–Crippen LogP) is 4.28. The molecular weight excluding hydrogens is 303 g/mol. The molecule has 1 aliphatic rings. The van der Waals surface area contributed by atoms with E-state index < -0.39 is 0 Å². The van der Waals surface area contributed by atoms with Crippen LogP contribution in [0.1, 0.15) is 48.9 Å². The third kappa shape index (κ3) is 5.78. The van der Waals surface area contributed by atoms with Gasteiger partial charge in [-0.25, -0.2) is 0 Å². The van der Waals surface area contributed by atoms with Crippen molar-refractivity contribution in [3.8, 4) is 0 Å². The lowest BCUT2D eigenvalue weighted by Gasteiger charge is -2.36. The van der Waals surface area contributed by atoms with Crippen LogP contribution in [0, 0.1) is 13.8 Å². The van der Waals surface area contributed by atoms with Crippen LogP contribution in [-0.2, 0) is 0 Å². The molecule has 1 N–H and O–H groups in total. The van der Waals surface area contributed by atoms with E-state index >= 15 is 0 Å². The first-order valence-electron chi connectivity index (χ1n) is 7.74. The topological polar surface area (TPSA) is 15.3 Å². The average molecular weight is 333 g/mol. The van der Waals surface area contributed by atoms with E-state index in [9.17, 15) is 0 Å². The summed E-state index contributed by atoms with van der Waals surface area (Å²) in [5.74, 6) is 0. The lowest BCUT2D eigenvalue weighted by atomic mass is 9.94. The van der Waals surface area contributed by atoms with E-state index in [2.05, 4.69) is 49.2 Å². The average Bonchev–Trinajstić information content (AvgIpc) is 2.42. The SMILES string of the molecule is CCCC[C@H](c1ccc(C)cc1C)N1CCNCC1.Cl.Cl. The lowest BCUT2D eigenvalue weighted by Crippen LogP contribution is -2.45. The molecular formula is C17H30Cl2N2. The third-order valence-electron chi connectivity index (χ3n) is 4.21. The highest BCUT2D eigenvalue weighted by atomic mass is 35.5. The Labute approximate surface area is 142 Å². The van der Waals surface area contributed by atoms with Gasteiger partial charge in [-0.3, -0.25) is 4.90 Å². The summed E-state index contributed by atoms with van der Waals surface area (Å²) in [5, 5.41) is 3.46. The molecule has 21 heavy (non-hydrogen) atoms. The first kappa shape index (κ1) is 20.7. The molecule has 1 atom stereocenters. The van der Waals surface area contributed by atoms with Crippen LogP contribution in [-0.4, -0.2) is 31.1 Å². The number of hydrogen-bond acceptors (Lipinski definition) is 2. The summed E-state index contributed by atoms with van der Waals surface area (Å²) in [7, 11) is 0. The quantitative estimate of drug-likeness (QED) is 0.865. The number of aryl methyl sites for hydroxylation is 2. The van der Waals surface area contributed by atoms with E-state index in [1.807, 2.05) is 0 Å².